The summed E-state index contributed by atoms with van der Waals surface area (Å²) in [5.74, 6) is 0.280. The average Bonchev–Trinajstić information content (AvgIpc) is 3.98. The molecule has 15 heteroatoms. The van der Waals surface area contributed by atoms with Crippen molar-refractivity contribution in [2.75, 3.05) is 36.4 Å². The highest BCUT2D eigenvalue weighted by atomic mass is 19.1. The van der Waals surface area contributed by atoms with E-state index in [0.717, 1.165) is 123 Å². The van der Waals surface area contributed by atoms with Gasteiger partial charge in [-0.05, 0) is 133 Å². The van der Waals surface area contributed by atoms with Gasteiger partial charge in [0, 0.05) is 78.1 Å². The van der Waals surface area contributed by atoms with Crippen molar-refractivity contribution in [1.29, 1.82) is 5.26 Å². The summed E-state index contributed by atoms with van der Waals surface area (Å²) < 4.78 is 19.3. The van der Waals surface area contributed by atoms with Gasteiger partial charge in [-0.15, -0.1) is 0 Å². The van der Waals surface area contributed by atoms with E-state index in [1.54, 1.807) is 10.7 Å². The number of carbonyl (C=O) groups excluding carboxylic acids is 3. The Bertz CT molecular complexity index is 2550. The van der Waals surface area contributed by atoms with Gasteiger partial charge in [-0.25, -0.2) is 13.9 Å². The standard InChI is InChI=1S/C49H58FN11O3/c1-4-49(48(64)55-31(2)3)17-21-59(22-18-49)44-13-5-33(26-52-44)41-23-34(29-61-46(41)35(25-51)27-54-61)36-28-53-60(30-36)39-9-7-38(8-10-39)58-19-15-32(16-20-58)40-11-6-37(24-42(40)50)56-43-12-14-45(62)57-47(43)63/h5-6,11,13,23-24,26-32,38-39,43,56H,4,7-10,12,14-22H2,1-3H3,(H,55,64)(H,57,62,63)/t38-,39+,43?. The number of benzene rings is 1. The number of nitriles is 1. The minimum Gasteiger partial charge on any atom is -0.374 e. The van der Waals surface area contributed by atoms with Crippen LogP contribution in [0.2, 0.25) is 0 Å². The highest BCUT2D eigenvalue weighted by Gasteiger charge is 2.40. The summed E-state index contributed by atoms with van der Waals surface area (Å²) in [5, 5.41) is 28.0. The van der Waals surface area contributed by atoms with Gasteiger partial charge in [-0.3, -0.25) is 24.4 Å². The van der Waals surface area contributed by atoms with Gasteiger partial charge in [-0.1, -0.05) is 13.0 Å². The normalized spacial score (nSPS) is 22.1. The molecule has 14 nitrogen and oxygen atoms in total. The van der Waals surface area contributed by atoms with Gasteiger partial charge in [0.15, 0.2) is 0 Å². The van der Waals surface area contributed by atoms with E-state index in [9.17, 15) is 19.6 Å². The number of hydrogen-bond donors (Lipinski definition) is 3. The quantitative estimate of drug-likeness (QED) is 0.114. The Kier molecular flexibility index (Phi) is 12.2. The number of anilines is 2. The summed E-state index contributed by atoms with van der Waals surface area (Å²) in [6, 6.07) is 14.1. The van der Waals surface area contributed by atoms with Crippen LogP contribution in [0.1, 0.15) is 114 Å². The molecule has 3 amide bonds. The van der Waals surface area contributed by atoms with Gasteiger partial charge in [0.05, 0.1) is 34.9 Å². The molecule has 4 fully saturated rings. The number of halogens is 1. The van der Waals surface area contributed by atoms with Crippen LogP contribution in [-0.2, 0) is 14.4 Å². The number of aromatic nitrogens is 5. The fraction of sp³-hybridized carbons (Fsp3) is 0.490. The summed E-state index contributed by atoms with van der Waals surface area (Å²) in [6.45, 7) is 9.49. The average molecular weight is 868 g/mol. The maximum absolute atomic E-state index is 15.4. The zero-order chi connectivity index (χ0) is 44.5. The van der Waals surface area contributed by atoms with Crippen molar-refractivity contribution in [3.8, 4) is 28.3 Å². The van der Waals surface area contributed by atoms with Gasteiger partial charge >= 0.3 is 0 Å². The second kappa shape index (κ2) is 18.2. The predicted molar refractivity (Wildman–Crippen MR) is 243 cm³/mol. The third kappa shape index (κ3) is 8.72. The zero-order valence-electron chi connectivity index (χ0n) is 37.0. The molecule has 334 valence electrons. The maximum atomic E-state index is 15.4. The molecule has 4 aliphatic rings. The van der Waals surface area contributed by atoms with Gasteiger partial charge in [0.1, 0.15) is 23.7 Å². The van der Waals surface area contributed by atoms with Crippen LogP contribution >= 0.6 is 0 Å². The third-order valence-electron chi connectivity index (χ3n) is 14.5. The first kappa shape index (κ1) is 43.1. The van der Waals surface area contributed by atoms with Crippen molar-refractivity contribution in [2.24, 2.45) is 5.41 Å². The number of piperidine rings is 3. The second-order valence-corrected chi connectivity index (χ2v) is 18.6. The Morgan fingerprint density at radius 2 is 1.67 bits per heavy atom. The molecule has 1 atom stereocenters. The zero-order valence-corrected chi connectivity index (χ0v) is 37.0. The van der Waals surface area contributed by atoms with E-state index >= 15 is 4.39 Å². The highest BCUT2D eigenvalue weighted by molar-refractivity contribution is 6.01. The number of nitrogens with zero attached hydrogens (tertiary/aromatic N) is 8. The first-order valence-electron chi connectivity index (χ1n) is 23.1. The van der Waals surface area contributed by atoms with Gasteiger partial charge in [0.25, 0.3) is 0 Å². The van der Waals surface area contributed by atoms with E-state index in [1.807, 2.05) is 50.6 Å². The smallest absolute Gasteiger partial charge is 0.249 e. The number of rotatable bonds is 11. The van der Waals surface area contributed by atoms with Crippen molar-refractivity contribution in [1.82, 2.24) is 39.9 Å². The molecule has 1 aromatic carbocycles. The van der Waals surface area contributed by atoms with Crippen LogP contribution in [0.5, 0.6) is 0 Å². The second-order valence-electron chi connectivity index (χ2n) is 18.6. The molecule has 3 N–H and O–H groups in total. The van der Waals surface area contributed by atoms with E-state index in [1.165, 1.54) is 6.07 Å². The Balaban J connectivity index is 0.816. The van der Waals surface area contributed by atoms with E-state index in [2.05, 4.69) is 66.9 Å². The lowest BCUT2D eigenvalue weighted by atomic mass is 9.75. The molecule has 9 rings (SSSR count). The lowest BCUT2D eigenvalue weighted by Gasteiger charge is -2.41. The van der Waals surface area contributed by atoms with Crippen LogP contribution in [0.25, 0.3) is 27.8 Å². The fourth-order valence-corrected chi connectivity index (χ4v) is 10.6. The lowest BCUT2D eigenvalue weighted by Crippen LogP contribution is -2.50. The fourth-order valence-electron chi connectivity index (χ4n) is 10.6. The number of carbonyl (C=O) groups is 3. The highest BCUT2D eigenvalue weighted by Crippen LogP contribution is 2.39. The Labute approximate surface area is 373 Å². The molecule has 0 spiro atoms. The van der Waals surface area contributed by atoms with Crippen molar-refractivity contribution >= 4 is 34.7 Å². The van der Waals surface area contributed by atoms with Gasteiger partial charge in [-0.2, -0.15) is 15.5 Å². The number of likely N-dealkylation sites (tertiary alicyclic amines) is 1. The van der Waals surface area contributed by atoms with Crippen LogP contribution in [0.3, 0.4) is 0 Å². The summed E-state index contributed by atoms with van der Waals surface area (Å²) in [4.78, 5) is 46.5. The largest absolute Gasteiger partial charge is 0.374 e. The number of fused-ring (bicyclic) bond motifs is 1. The van der Waals surface area contributed by atoms with Crippen molar-refractivity contribution in [3.63, 3.8) is 0 Å². The van der Waals surface area contributed by atoms with E-state index < -0.39 is 6.04 Å². The van der Waals surface area contributed by atoms with Crippen LogP contribution in [0.4, 0.5) is 15.9 Å². The van der Waals surface area contributed by atoms with Crippen molar-refractivity contribution in [2.45, 2.75) is 121 Å². The first-order valence-corrected chi connectivity index (χ1v) is 23.1. The monoisotopic (exact) mass is 867 g/mol. The Morgan fingerprint density at radius 3 is 2.34 bits per heavy atom. The van der Waals surface area contributed by atoms with Crippen molar-refractivity contribution in [3.05, 3.63) is 84.3 Å². The molecule has 7 heterocycles. The number of imide groups is 1. The summed E-state index contributed by atoms with van der Waals surface area (Å²) >= 11 is 0. The number of pyridine rings is 2. The molecule has 1 saturated carbocycles. The molecule has 0 bridgehead atoms. The SMILES string of the molecule is CCC1(C(=O)NC(C)C)CCN(c2ccc(-c3cc(-c4cnn([C@H]5CC[C@@H](N6CCC(c7ccc(NC8CCC(=O)NC8=O)cc7F)CC6)CC5)c4)cn4ncc(C#N)c34)cn2)CC1. The van der Waals surface area contributed by atoms with Crippen LogP contribution in [0, 0.1) is 22.6 Å². The van der Waals surface area contributed by atoms with Crippen molar-refractivity contribution < 1.29 is 18.8 Å². The number of nitrogens with one attached hydrogen (secondary N) is 3. The van der Waals surface area contributed by atoms with Crippen LogP contribution in [0.15, 0.2) is 67.4 Å². The molecule has 1 aliphatic carbocycles. The Hall–Kier alpha value is -6.14. The lowest BCUT2D eigenvalue weighted by molar-refractivity contribution is -0.134. The molecular weight excluding hydrogens is 810 g/mol. The molecule has 3 saturated heterocycles. The third-order valence-corrected chi connectivity index (χ3v) is 14.5. The van der Waals surface area contributed by atoms with Gasteiger partial charge in [0.2, 0.25) is 17.7 Å². The minimum absolute atomic E-state index is 0.114. The predicted octanol–water partition coefficient (Wildman–Crippen LogP) is 7.37. The van der Waals surface area contributed by atoms with E-state index in [4.69, 9.17) is 10.1 Å². The van der Waals surface area contributed by atoms with Crippen LogP contribution < -0.4 is 20.9 Å². The number of amides is 3. The first-order chi connectivity index (χ1) is 31.0. The molecule has 4 aromatic heterocycles. The molecule has 3 aliphatic heterocycles. The topological polar surface area (TPSA) is 166 Å². The molecule has 64 heavy (non-hydrogen) atoms. The number of hydrogen-bond acceptors (Lipinski definition) is 10. The summed E-state index contributed by atoms with van der Waals surface area (Å²) in [5.41, 5.74) is 5.85. The van der Waals surface area contributed by atoms with E-state index in [0.29, 0.717) is 29.8 Å². The Morgan fingerprint density at radius 1 is 0.906 bits per heavy atom. The summed E-state index contributed by atoms with van der Waals surface area (Å²) in [6.07, 6.45) is 18.5. The maximum Gasteiger partial charge on any atom is 0.249 e. The minimum atomic E-state index is -0.544. The summed E-state index contributed by atoms with van der Waals surface area (Å²) in [7, 11) is 0. The molecule has 5 aromatic rings. The van der Waals surface area contributed by atoms with Crippen LogP contribution in [-0.4, -0.2) is 91.3 Å². The van der Waals surface area contributed by atoms with E-state index in [-0.39, 0.29) is 47.3 Å². The molecule has 1 unspecified atom stereocenters. The molecule has 0 radical (unpaired) electrons. The van der Waals surface area contributed by atoms with Gasteiger partial charge < -0.3 is 20.4 Å². The molecular formula is C49H58FN11O3.